The Bertz CT molecular complexity index is 1210. The minimum atomic E-state index is -0.241. The van der Waals surface area contributed by atoms with Crippen molar-refractivity contribution in [2.75, 3.05) is 23.4 Å². The first-order chi connectivity index (χ1) is 14.8. The first-order valence-corrected chi connectivity index (χ1v) is 10.5. The summed E-state index contributed by atoms with van der Waals surface area (Å²) in [5.74, 6) is 0.0553. The van der Waals surface area contributed by atoms with Gasteiger partial charge in [-0.2, -0.15) is 5.26 Å². The zero-order valence-corrected chi connectivity index (χ0v) is 18.2. The number of nitrogens with zero attached hydrogens (tertiary/aromatic N) is 5. The van der Waals surface area contributed by atoms with Gasteiger partial charge in [0.05, 0.1) is 11.2 Å². The predicted molar refractivity (Wildman–Crippen MR) is 121 cm³/mol. The molecule has 1 fully saturated rings. The molecule has 6 nitrogen and oxygen atoms in total. The molecule has 1 saturated heterocycles. The van der Waals surface area contributed by atoms with Crippen molar-refractivity contribution in [2.24, 2.45) is 13.0 Å². The molecule has 0 bridgehead atoms. The minimum Gasteiger partial charge on any atom is -0.371 e. The van der Waals surface area contributed by atoms with E-state index in [0.29, 0.717) is 22.6 Å². The number of hydrogen-bond acceptors (Lipinski definition) is 5. The monoisotopic (exact) mass is 419 g/mol. The topological polar surface area (TPSA) is 65.2 Å². The van der Waals surface area contributed by atoms with E-state index in [0.717, 1.165) is 24.3 Å². The van der Waals surface area contributed by atoms with Crippen molar-refractivity contribution >= 4 is 22.4 Å². The SMILES string of the molecule is C[C@@H]1CN(c2cc(=O)n(C)c3ccc(C#N)nc23)[C@@H](C)C[C@@H]1N(C)c1ccc(F)cc1. The Morgan fingerprint density at radius 1 is 1.19 bits per heavy atom. The molecule has 160 valence electrons. The van der Waals surface area contributed by atoms with E-state index >= 15 is 0 Å². The van der Waals surface area contributed by atoms with Crippen LogP contribution in [0.5, 0.6) is 0 Å². The number of halogens is 1. The highest BCUT2D eigenvalue weighted by atomic mass is 19.1. The molecule has 0 unspecified atom stereocenters. The summed E-state index contributed by atoms with van der Waals surface area (Å²) < 4.78 is 14.9. The summed E-state index contributed by atoms with van der Waals surface area (Å²) in [7, 11) is 3.77. The molecule has 0 radical (unpaired) electrons. The second-order valence-electron chi connectivity index (χ2n) is 8.47. The number of anilines is 2. The largest absolute Gasteiger partial charge is 0.371 e. The summed E-state index contributed by atoms with van der Waals surface area (Å²) in [5.41, 5.74) is 3.38. The van der Waals surface area contributed by atoms with Crippen LogP contribution in [0.2, 0.25) is 0 Å². The van der Waals surface area contributed by atoms with Crippen LogP contribution >= 0.6 is 0 Å². The van der Waals surface area contributed by atoms with Crippen LogP contribution in [0, 0.1) is 23.1 Å². The molecule has 7 heteroatoms. The highest BCUT2D eigenvalue weighted by molar-refractivity contribution is 5.89. The van der Waals surface area contributed by atoms with Gasteiger partial charge in [0.2, 0.25) is 0 Å². The van der Waals surface area contributed by atoms with Gasteiger partial charge >= 0.3 is 0 Å². The van der Waals surface area contributed by atoms with Gasteiger partial charge in [-0.3, -0.25) is 4.79 Å². The zero-order valence-electron chi connectivity index (χ0n) is 18.2. The fraction of sp³-hybridized carbons (Fsp3) is 0.375. The molecular weight excluding hydrogens is 393 g/mol. The Morgan fingerprint density at radius 3 is 2.58 bits per heavy atom. The van der Waals surface area contributed by atoms with Crippen molar-refractivity contribution < 1.29 is 4.39 Å². The smallest absolute Gasteiger partial charge is 0.252 e. The van der Waals surface area contributed by atoms with Gasteiger partial charge < -0.3 is 14.4 Å². The van der Waals surface area contributed by atoms with E-state index in [9.17, 15) is 14.4 Å². The molecular formula is C24H26FN5O. The average Bonchev–Trinajstić information content (AvgIpc) is 2.77. The van der Waals surface area contributed by atoms with E-state index in [-0.39, 0.29) is 23.5 Å². The van der Waals surface area contributed by atoms with Gasteiger partial charge in [0.25, 0.3) is 5.56 Å². The van der Waals surface area contributed by atoms with Crippen LogP contribution in [0.25, 0.3) is 11.0 Å². The van der Waals surface area contributed by atoms with Gasteiger partial charge in [0.15, 0.2) is 0 Å². The Morgan fingerprint density at radius 2 is 1.90 bits per heavy atom. The highest BCUT2D eigenvalue weighted by Crippen LogP contribution is 2.34. The first-order valence-electron chi connectivity index (χ1n) is 10.5. The fourth-order valence-electron chi connectivity index (χ4n) is 4.66. The second kappa shape index (κ2) is 8.03. The van der Waals surface area contributed by atoms with E-state index in [1.54, 1.807) is 41.9 Å². The van der Waals surface area contributed by atoms with E-state index in [1.807, 2.05) is 7.05 Å². The van der Waals surface area contributed by atoms with Gasteiger partial charge in [-0.1, -0.05) is 6.92 Å². The summed E-state index contributed by atoms with van der Waals surface area (Å²) in [6, 6.07) is 14.2. The van der Waals surface area contributed by atoms with Crippen LogP contribution in [0.1, 0.15) is 26.0 Å². The molecule has 0 spiro atoms. The summed E-state index contributed by atoms with van der Waals surface area (Å²) in [6.45, 7) is 5.09. The van der Waals surface area contributed by atoms with Gasteiger partial charge in [0, 0.05) is 44.5 Å². The van der Waals surface area contributed by atoms with Crippen LogP contribution in [0.3, 0.4) is 0 Å². The Balaban J connectivity index is 1.69. The molecule has 0 N–H and O–H groups in total. The van der Waals surface area contributed by atoms with Crippen LogP contribution in [-0.4, -0.2) is 35.2 Å². The van der Waals surface area contributed by atoms with Crippen molar-refractivity contribution in [3.63, 3.8) is 0 Å². The lowest BCUT2D eigenvalue weighted by atomic mass is 9.87. The van der Waals surface area contributed by atoms with Gasteiger partial charge in [-0.05, 0) is 55.7 Å². The maximum Gasteiger partial charge on any atom is 0.252 e. The molecule has 4 rings (SSSR count). The van der Waals surface area contributed by atoms with Crippen molar-refractivity contribution in [1.29, 1.82) is 5.26 Å². The van der Waals surface area contributed by atoms with Gasteiger partial charge in [0.1, 0.15) is 23.1 Å². The minimum absolute atomic E-state index is 0.0978. The lowest BCUT2D eigenvalue weighted by Crippen LogP contribution is -2.53. The third-order valence-electron chi connectivity index (χ3n) is 6.48. The van der Waals surface area contributed by atoms with Crippen molar-refractivity contribution in [2.45, 2.75) is 32.4 Å². The average molecular weight is 420 g/mol. The zero-order chi connectivity index (χ0) is 22.3. The summed E-state index contributed by atoms with van der Waals surface area (Å²) in [5, 5.41) is 9.31. The highest BCUT2D eigenvalue weighted by Gasteiger charge is 2.34. The molecule has 3 atom stereocenters. The molecule has 0 saturated carbocycles. The number of fused-ring (bicyclic) bond motifs is 1. The van der Waals surface area contributed by atoms with E-state index in [4.69, 9.17) is 0 Å². The van der Waals surface area contributed by atoms with E-state index in [1.165, 1.54) is 12.1 Å². The quantitative estimate of drug-likeness (QED) is 0.648. The van der Waals surface area contributed by atoms with Crippen molar-refractivity contribution in [3.8, 4) is 6.07 Å². The van der Waals surface area contributed by atoms with E-state index in [2.05, 4.69) is 34.7 Å². The van der Waals surface area contributed by atoms with Crippen LogP contribution in [0.15, 0.2) is 47.3 Å². The number of aryl methyl sites for hydroxylation is 1. The lowest BCUT2D eigenvalue weighted by Gasteiger charge is -2.46. The Labute approximate surface area is 181 Å². The van der Waals surface area contributed by atoms with E-state index < -0.39 is 0 Å². The lowest BCUT2D eigenvalue weighted by molar-refractivity contribution is 0.328. The molecule has 1 aliphatic heterocycles. The predicted octanol–water partition coefficient (Wildman–Crippen LogP) is 3.68. The standard InChI is InChI=1S/C24H26FN5O/c1-15-14-30(16(2)11-21(15)28(3)19-8-5-17(25)6-9-19)22-12-23(31)29(4)20-10-7-18(13-26)27-24(20)22/h5-10,12,15-16,21H,11,14H2,1-4H3/t15-,16+,21+/m1/s1. The third kappa shape index (κ3) is 3.74. The molecule has 0 amide bonds. The third-order valence-corrected chi connectivity index (χ3v) is 6.48. The normalized spacial score (nSPS) is 21.2. The summed E-state index contributed by atoms with van der Waals surface area (Å²) in [6.07, 6.45) is 0.879. The molecule has 1 aromatic carbocycles. The number of aromatic nitrogens is 2. The van der Waals surface area contributed by atoms with Gasteiger partial charge in [-0.25, -0.2) is 9.37 Å². The fourth-order valence-corrected chi connectivity index (χ4v) is 4.66. The molecule has 31 heavy (non-hydrogen) atoms. The maximum absolute atomic E-state index is 13.3. The van der Waals surface area contributed by atoms with Crippen LogP contribution in [0.4, 0.5) is 15.8 Å². The van der Waals surface area contributed by atoms with Crippen molar-refractivity contribution in [1.82, 2.24) is 9.55 Å². The number of nitriles is 1. The molecule has 2 aromatic heterocycles. The van der Waals surface area contributed by atoms with Crippen LogP contribution in [-0.2, 0) is 7.05 Å². The molecule has 3 aromatic rings. The van der Waals surface area contributed by atoms with Crippen molar-refractivity contribution in [3.05, 3.63) is 64.3 Å². The van der Waals surface area contributed by atoms with Crippen LogP contribution < -0.4 is 15.4 Å². The summed E-state index contributed by atoms with van der Waals surface area (Å²) >= 11 is 0. The number of pyridine rings is 2. The molecule has 0 aliphatic carbocycles. The Hall–Kier alpha value is -3.40. The second-order valence-corrected chi connectivity index (χ2v) is 8.47. The molecule has 3 heterocycles. The number of piperidine rings is 1. The number of benzene rings is 1. The van der Waals surface area contributed by atoms with Gasteiger partial charge in [-0.15, -0.1) is 0 Å². The Kier molecular flexibility index (Phi) is 5.40. The number of rotatable bonds is 3. The summed E-state index contributed by atoms with van der Waals surface area (Å²) in [4.78, 5) is 21.6. The maximum atomic E-state index is 13.3. The number of hydrogen-bond donors (Lipinski definition) is 0. The first kappa shape index (κ1) is 20.9. The molecule has 1 aliphatic rings.